The summed E-state index contributed by atoms with van der Waals surface area (Å²) < 4.78 is 11.7. The second-order valence-corrected chi connectivity index (χ2v) is 17.1. The number of carbonyl (C=O) groups is 2. The topological polar surface area (TPSA) is 64.6 Å². The number of hydrogen-bond acceptors (Lipinski definition) is 4. The van der Waals surface area contributed by atoms with Crippen LogP contribution >= 0.6 is 0 Å². The molecule has 2 aromatic carbocycles. The molecule has 1 amide bonds. The highest BCUT2D eigenvalue weighted by Crippen LogP contribution is 2.28. The molecule has 2 rings (SSSR count). The molecule has 0 heterocycles. The van der Waals surface area contributed by atoms with Gasteiger partial charge in [0.05, 0.1) is 5.56 Å². The highest BCUT2D eigenvalue weighted by Gasteiger charge is 2.26. The molecule has 2 aromatic rings. The molecule has 0 atom stereocenters. The summed E-state index contributed by atoms with van der Waals surface area (Å²) in [5, 5.41) is 2.85. The van der Waals surface area contributed by atoms with E-state index >= 15 is 0 Å². The van der Waals surface area contributed by atoms with E-state index in [0.29, 0.717) is 22.6 Å². The fraction of sp³-hybridized carbons (Fsp3) is 0.300. The van der Waals surface area contributed by atoms with Crippen LogP contribution in [0.2, 0.25) is 39.3 Å². The van der Waals surface area contributed by atoms with E-state index in [2.05, 4.69) is 5.32 Å². The van der Waals surface area contributed by atoms with E-state index in [1.807, 2.05) is 57.5 Å². The number of hydrogen-bond donors (Lipinski definition) is 1. The number of nitrogens with one attached hydrogen (secondary N) is 1. The summed E-state index contributed by atoms with van der Waals surface area (Å²) in [5.74, 6) is -0.154. The Balaban J connectivity index is 2.32. The van der Waals surface area contributed by atoms with Gasteiger partial charge in [-0.2, -0.15) is 0 Å². The van der Waals surface area contributed by atoms with Gasteiger partial charge in [-0.05, 0) is 63.5 Å². The predicted molar refractivity (Wildman–Crippen MR) is 114 cm³/mol. The van der Waals surface area contributed by atoms with Gasteiger partial charge >= 0.3 is 5.97 Å². The van der Waals surface area contributed by atoms with Gasteiger partial charge in [0.1, 0.15) is 5.75 Å². The van der Waals surface area contributed by atoms with Gasteiger partial charge in [0.2, 0.25) is 16.6 Å². The Kier molecular flexibility index (Phi) is 6.28. The lowest BCUT2D eigenvalue weighted by molar-refractivity contribution is 0.0722. The van der Waals surface area contributed by atoms with Gasteiger partial charge in [-0.15, -0.1) is 0 Å². The molecule has 0 radical (unpaired) electrons. The molecule has 0 aliphatic carbocycles. The van der Waals surface area contributed by atoms with Gasteiger partial charge in [-0.1, -0.05) is 18.2 Å². The average molecular weight is 402 g/mol. The zero-order valence-electron chi connectivity index (χ0n) is 16.8. The van der Waals surface area contributed by atoms with Crippen LogP contribution < -0.4 is 9.74 Å². The van der Waals surface area contributed by atoms with Crippen LogP contribution in [0.5, 0.6) is 5.75 Å². The van der Waals surface area contributed by atoms with Gasteiger partial charge in [0.15, 0.2) is 0 Å². The zero-order chi connectivity index (χ0) is 20.2. The van der Waals surface area contributed by atoms with Crippen molar-refractivity contribution >= 4 is 34.2 Å². The van der Waals surface area contributed by atoms with Gasteiger partial charge < -0.3 is 14.2 Å². The molecule has 0 aliphatic rings. The maximum Gasteiger partial charge on any atom is 0.328 e. The normalized spacial score (nSPS) is 11.6. The van der Waals surface area contributed by atoms with Crippen molar-refractivity contribution < 1.29 is 18.4 Å². The second-order valence-electron chi connectivity index (χ2n) is 8.25. The first-order valence-electron chi connectivity index (χ1n) is 8.87. The van der Waals surface area contributed by atoms with Crippen LogP contribution in [-0.2, 0) is 4.43 Å². The number of benzene rings is 2. The Morgan fingerprint density at radius 2 is 1.48 bits per heavy atom. The van der Waals surface area contributed by atoms with Crippen molar-refractivity contribution in [2.24, 2.45) is 0 Å². The van der Waals surface area contributed by atoms with Crippen LogP contribution in [0.1, 0.15) is 20.7 Å². The van der Waals surface area contributed by atoms with Crippen LogP contribution in [0.15, 0.2) is 48.5 Å². The summed E-state index contributed by atoms with van der Waals surface area (Å²) in [6.07, 6.45) is 0. The van der Waals surface area contributed by atoms with Crippen LogP contribution in [0, 0.1) is 0 Å². The highest BCUT2D eigenvalue weighted by molar-refractivity contribution is 6.71. The summed E-state index contributed by atoms with van der Waals surface area (Å²) in [6.45, 7) is 12.0. The molecule has 0 aromatic heterocycles. The molecule has 27 heavy (non-hydrogen) atoms. The third-order valence-electron chi connectivity index (χ3n) is 3.31. The van der Waals surface area contributed by atoms with E-state index < -0.39 is 16.6 Å². The van der Waals surface area contributed by atoms with Crippen LogP contribution in [0.3, 0.4) is 0 Å². The van der Waals surface area contributed by atoms with Crippen molar-refractivity contribution in [3.63, 3.8) is 0 Å². The smallest absolute Gasteiger partial charge is 0.328 e. The number of amides is 1. The molecule has 0 spiro atoms. The van der Waals surface area contributed by atoms with E-state index in [1.54, 1.807) is 30.3 Å². The van der Waals surface area contributed by atoms with Gasteiger partial charge in [-0.3, -0.25) is 4.79 Å². The SMILES string of the molecule is C[Si](C)(C)OC(=O)c1ccc(NC(=O)c2ccccc2)cc1O[Si](C)(C)C. The molecule has 0 saturated heterocycles. The number of carbonyl (C=O) groups excluding carboxylic acids is 2. The molecular formula is C20H27NO4Si2. The average Bonchev–Trinajstić information content (AvgIpc) is 2.52. The molecule has 0 fully saturated rings. The fourth-order valence-corrected chi connectivity index (χ4v) is 3.80. The van der Waals surface area contributed by atoms with Crippen LogP contribution in [0.4, 0.5) is 5.69 Å². The Morgan fingerprint density at radius 3 is 2.04 bits per heavy atom. The summed E-state index contributed by atoms with van der Waals surface area (Å²) in [5.41, 5.74) is 1.52. The van der Waals surface area contributed by atoms with Crippen LogP contribution in [-0.4, -0.2) is 28.5 Å². The molecule has 0 saturated carbocycles. The molecule has 0 bridgehead atoms. The van der Waals surface area contributed by atoms with E-state index in [0.717, 1.165) is 0 Å². The van der Waals surface area contributed by atoms with E-state index in [1.165, 1.54) is 0 Å². The Bertz CT molecular complexity index is 824. The van der Waals surface area contributed by atoms with Gasteiger partial charge in [0, 0.05) is 17.3 Å². The first kappa shape index (κ1) is 20.9. The van der Waals surface area contributed by atoms with Crippen molar-refractivity contribution in [3.05, 3.63) is 59.7 Å². The lowest BCUT2D eigenvalue weighted by Crippen LogP contribution is -2.32. The minimum absolute atomic E-state index is 0.216. The Hall–Kier alpha value is -2.39. The maximum absolute atomic E-state index is 12.6. The predicted octanol–water partition coefficient (Wildman–Crippen LogP) is 5.14. The third-order valence-corrected chi connectivity index (χ3v) is 4.94. The van der Waals surface area contributed by atoms with Crippen molar-refractivity contribution in [2.45, 2.75) is 39.3 Å². The Morgan fingerprint density at radius 1 is 0.852 bits per heavy atom. The highest BCUT2D eigenvalue weighted by atomic mass is 28.4. The van der Waals surface area contributed by atoms with Gasteiger partial charge in [-0.25, -0.2) is 4.79 Å². The first-order valence-corrected chi connectivity index (χ1v) is 15.7. The standard InChI is InChI=1S/C20H27NO4Si2/c1-26(2,3)24-18-14-16(21-19(22)15-10-8-7-9-11-15)12-13-17(18)20(23)25-27(4,5)6/h7-14H,1-6H3,(H,21,22). The molecule has 7 heteroatoms. The third kappa shape index (κ3) is 6.69. The summed E-state index contributed by atoms with van der Waals surface area (Å²) in [6, 6.07) is 14.0. The number of rotatable bonds is 6. The summed E-state index contributed by atoms with van der Waals surface area (Å²) in [7, 11) is -4.00. The zero-order valence-corrected chi connectivity index (χ0v) is 18.8. The summed E-state index contributed by atoms with van der Waals surface area (Å²) >= 11 is 0. The van der Waals surface area contributed by atoms with Crippen molar-refractivity contribution in [1.82, 2.24) is 0 Å². The van der Waals surface area contributed by atoms with Crippen molar-refractivity contribution in [1.29, 1.82) is 0 Å². The first-order chi connectivity index (χ1) is 12.4. The van der Waals surface area contributed by atoms with Crippen LogP contribution in [0.25, 0.3) is 0 Å². The Labute approximate surface area is 163 Å². The van der Waals surface area contributed by atoms with E-state index in [-0.39, 0.29) is 11.9 Å². The maximum atomic E-state index is 12.6. The quantitative estimate of drug-likeness (QED) is 0.680. The number of anilines is 1. The molecule has 5 nitrogen and oxygen atoms in total. The van der Waals surface area contributed by atoms with Crippen molar-refractivity contribution in [3.8, 4) is 5.75 Å². The fourth-order valence-electron chi connectivity index (χ4n) is 2.31. The van der Waals surface area contributed by atoms with E-state index in [9.17, 15) is 9.59 Å². The monoisotopic (exact) mass is 401 g/mol. The molecular weight excluding hydrogens is 374 g/mol. The lowest BCUT2D eigenvalue weighted by Gasteiger charge is -2.24. The lowest BCUT2D eigenvalue weighted by atomic mass is 10.1. The molecule has 0 aliphatic heterocycles. The molecule has 144 valence electrons. The largest absolute Gasteiger partial charge is 0.544 e. The van der Waals surface area contributed by atoms with Crippen molar-refractivity contribution in [2.75, 3.05) is 5.32 Å². The van der Waals surface area contributed by atoms with Gasteiger partial charge in [0.25, 0.3) is 5.91 Å². The summed E-state index contributed by atoms with van der Waals surface area (Å²) in [4.78, 5) is 25.0. The minimum Gasteiger partial charge on any atom is -0.544 e. The molecule has 0 unspecified atom stereocenters. The minimum atomic E-state index is -2.03. The second kappa shape index (κ2) is 8.10. The van der Waals surface area contributed by atoms with E-state index in [4.69, 9.17) is 8.85 Å². The molecule has 1 N–H and O–H groups in total.